The Kier molecular flexibility index (Phi) is 10.0. The highest BCUT2D eigenvalue weighted by molar-refractivity contribution is 7.99. The molecule has 1 saturated heterocycles. The third-order valence-electron chi connectivity index (χ3n) is 5.69. The van der Waals surface area contributed by atoms with Crippen LogP contribution in [0.3, 0.4) is 0 Å². The molecule has 1 fully saturated rings. The van der Waals surface area contributed by atoms with Crippen LogP contribution in [0.2, 0.25) is 0 Å². The SMILES string of the molecule is CCCCOC(=O)C(CCc1ccccc1)NC1CSC(c2ccoc2)CN(CC(=O)O)C1=O. The standard InChI is InChI=1S/C25H32N2O6S/c1-2-3-12-33-25(31)20(10-9-18-7-5-4-6-8-18)26-21-17-34-22(19-11-13-32-16-19)14-27(24(21)30)15-23(28)29/h4-8,11,13,16,20-22,26H,2-3,9-10,12,14-15,17H2,1H3,(H,28,29). The zero-order chi connectivity index (χ0) is 24.3. The molecular weight excluding hydrogens is 456 g/mol. The van der Waals surface area contributed by atoms with E-state index in [2.05, 4.69) is 5.32 Å². The van der Waals surface area contributed by atoms with Gasteiger partial charge in [0.05, 0.1) is 30.4 Å². The van der Waals surface area contributed by atoms with Crippen LogP contribution in [0.1, 0.15) is 42.6 Å². The van der Waals surface area contributed by atoms with E-state index in [9.17, 15) is 19.5 Å². The smallest absolute Gasteiger partial charge is 0.323 e. The highest BCUT2D eigenvalue weighted by Crippen LogP contribution is 2.33. The molecule has 0 spiro atoms. The number of furan rings is 1. The molecule has 0 bridgehead atoms. The van der Waals surface area contributed by atoms with Crippen molar-refractivity contribution in [3.05, 3.63) is 60.1 Å². The van der Waals surface area contributed by atoms with Crippen molar-refractivity contribution in [2.45, 2.75) is 49.9 Å². The molecule has 3 rings (SSSR count). The number of carbonyl (C=O) groups excluding carboxylic acids is 2. The number of hydrogen-bond donors (Lipinski definition) is 2. The van der Waals surface area contributed by atoms with Gasteiger partial charge in [-0.05, 0) is 30.9 Å². The van der Waals surface area contributed by atoms with E-state index in [1.165, 1.54) is 4.90 Å². The molecule has 0 radical (unpaired) electrons. The van der Waals surface area contributed by atoms with E-state index in [1.807, 2.05) is 43.3 Å². The fraction of sp³-hybridized carbons (Fsp3) is 0.480. The lowest BCUT2D eigenvalue weighted by Crippen LogP contribution is -2.53. The number of thioether (sulfide) groups is 1. The van der Waals surface area contributed by atoms with E-state index < -0.39 is 24.6 Å². The molecule has 3 atom stereocenters. The monoisotopic (exact) mass is 488 g/mol. The molecule has 9 heteroatoms. The molecule has 1 aromatic carbocycles. The summed E-state index contributed by atoms with van der Waals surface area (Å²) >= 11 is 1.54. The molecule has 2 N–H and O–H groups in total. The predicted molar refractivity (Wildman–Crippen MR) is 129 cm³/mol. The number of carboxylic acid groups (broad SMARTS) is 1. The van der Waals surface area contributed by atoms with Crippen molar-refractivity contribution < 1.29 is 28.6 Å². The number of esters is 1. The van der Waals surface area contributed by atoms with Gasteiger partial charge in [-0.25, -0.2) is 0 Å². The van der Waals surface area contributed by atoms with Gasteiger partial charge in [0, 0.05) is 17.9 Å². The first-order chi connectivity index (χ1) is 16.5. The van der Waals surface area contributed by atoms with Gasteiger partial charge in [0.25, 0.3) is 0 Å². The minimum absolute atomic E-state index is 0.117. The van der Waals surface area contributed by atoms with Gasteiger partial charge in [-0.2, -0.15) is 0 Å². The number of ether oxygens (including phenoxy) is 1. The first-order valence-corrected chi connectivity index (χ1v) is 12.6. The lowest BCUT2D eigenvalue weighted by molar-refractivity contribution is -0.148. The van der Waals surface area contributed by atoms with Crippen molar-refractivity contribution in [1.29, 1.82) is 0 Å². The molecule has 3 unspecified atom stereocenters. The van der Waals surface area contributed by atoms with Crippen molar-refractivity contribution in [3.63, 3.8) is 0 Å². The molecule has 8 nitrogen and oxygen atoms in total. The largest absolute Gasteiger partial charge is 0.480 e. The molecular formula is C25H32N2O6S. The van der Waals surface area contributed by atoms with Crippen molar-refractivity contribution in [2.24, 2.45) is 0 Å². The molecule has 1 aromatic heterocycles. The van der Waals surface area contributed by atoms with Crippen LogP contribution in [0.15, 0.2) is 53.3 Å². The summed E-state index contributed by atoms with van der Waals surface area (Å²) in [5, 5.41) is 12.5. The van der Waals surface area contributed by atoms with Crippen molar-refractivity contribution in [3.8, 4) is 0 Å². The second-order valence-electron chi connectivity index (χ2n) is 8.31. The molecule has 184 valence electrons. The zero-order valence-corrected chi connectivity index (χ0v) is 20.2. The minimum Gasteiger partial charge on any atom is -0.480 e. The van der Waals surface area contributed by atoms with Crippen molar-refractivity contribution in [1.82, 2.24) is 10.2 Å². The van der Waals surface area contributed by atoms with Crippen LogP contribution in [-0.4, -0.2) is 65.4 Å². The Bertz CT molecular complexity index is 921. The number of unbranched alkanes of at least 4 members (excludes halogenated alkanes) is 1. The number of carboxylic acids is 1. The number of hydrogen-bond acceptors (Lipinski definition) is 7. The number of aliphatic carboxylic acids is 1. The van der Waals surface area contributed by atoms with Crippen LogP contribution >= 0.6 is 11.8 Å². The van der Waals surface area contributed by atoms with E-state index in [-0.39, 0.29) is 23.7 Å². The molecule has 1 aliphatic heterocycles. The molecule has 1 amide bonds. The average Bonchev–Trinajstić information content (AvgIpc) is 3.32. The van der Waals surface area contributed by atoms with Crippen LogP contribution < -0.4 is 5.32 Å². The molecule has 2 heterocycles. The van der Waals surface area contributed by atoms with Gasteiger partial charge in [-0.15, -0.1) is 11.8 Å². The number of aryl methyl sites for hydroxylation is 1. The Morgan fingerprint density at radius 3 is 2.76 bits per heavy atom. The number of amides is 1. The van der Waals surface area contributed by atoms with Crippen molar-refractivity contribution in [2.75, 3.05) is 25.4 Å². The summed E-state index contributed by atoms with van der Waals surface area (Å²) in [6.07, 6.45) is 5.97. The van der Waals surface area contributed by atoms with Gasteiger partial charge in [0.1, 0.15) is 12.6 Å². The first-order valence-electron chi connectivity index (χ1n) is 11.6. The summed E-state index contributed by atoms with van der Waals surface area (Å²) in [5.41, 5.74) is 1.98. The van der Waals surface area contributed by atoms with Crippen LogP contribution in [0.4, 0.5) is 0 Å². The number of nitrogens with zero attached hydrogens (tertiary/aromatic N) is 1. The second-order valence-corrected chi connectivity index (χ2v) is 9.54. The lowest BCUT2D eigenvalue weighted by Gasteiger charge is -2.27. The summed E-state index contributed by atoms with van der Waals surface area (Å²) in [6, 6.07) is 10.3. The van der Waals surface area contributed by atoms with Crippen LogP contribution in [0.25, 0.3) is 0 Å². The van der Waals surface area contributed by atoms with E-state index in [0.717, 1.165) is 24.0 Å². The first kappa shape index (κ1) is 25.8. The average molecular weight is 489 g/mol. The molecule has 0 aliphatic carbocycles. The molecule has 2 aromatic rings. The fourth-order valence-electron chi connectivity index (χ4n) is 3.82. The zero-order valence-electron chi connectivity index (χ0n) is 19.4. The van der Waals surface area contributed by atoms with Gasteiger partial charge in [-0.1, -0.05) is 43.7 Å². The predicted octanol–water partition coefficient (Wildman–Crippen LogP) is 3.28. The maximum Gasteiger partial charge on any atom is 0.323 e. The lowest BCUT2D eigenvalue weighted by atomic mass is 10.0. The van der Waals surface area contributed by atoms with Crippen molar-refractivity contribution >= 4 is 29.6 Å². The Labute approximate surface area is 204 Å². The Morgan fingerprint density at radius 1 is 1.29 bits per heavy atom. The summed E-state index contributed by atoms with van der Waals surface area (Å²) in [4.78, 5) is 39.0. The van der Waals surface area contributed by atoms with Crippen LogP contribution in [0.5, 0.6) is 0 Å². The summed E-state index contributed by atoms with van der Waals surface area (Å²) in [5.74, 6) is -1.39. The summed E-state index contributed by atoms with van der Waals surface area (Å²) in [7, 11) is 0. The van der Waals surface area contributed by atoms with E-state index in [0.29, 0.717) is 25.2 Å². The van der Waals surface area contributed by atoms with Gasteiger partial charge in [-0.3, -0.25) is 19.7 Å². The maximum atomic E-state index is 13.3. The number of carbonyl (C=O) groups is 3. The third kappa shape index (κ3) is 7.63. The Balaban J connectivity index is 1.74. The van der Waals surface area contributed by atoms with Crippen LogP contribution in [-0.2, 0) is 25.5 Å². The quantitative estimate of drug-likeness (QED) is 0.346. The molecule has 0 saturated carbocycles. The topological polar surface area (TPSA) is 109 Å². The molecule has 1 aliphatic rings. The highest BCUT2D eigenvalue weighted by Gasteiger charge is 2.36. The Hall–Kier alpha value is -2.78. The van der Waals surface area contributed by atoms with Gasteiger partial charge < -0.3 is 19.2 Å². The second kappa shape index (κ2) is 13.2. The van der Waals surface area contributed by atoms with Gasteiger partial charge >= 0.3 is 11.9 Å². The normalized spacial score (nSPS) is 19.4. The maximum absolute atomic E-state index is 13.3. The summed E-state index contributed by atoms with van der Waals surface area (Å²) < 4.78 is 10.7. The summed E-state index contributed by atoms with van der Waals surface area (Å²) in [6.45, 7) is 2.21. The molecule has 34 heavy (non-hydrogen) atoms. The van der Waals surface area contributed by atoms with Crippen LogP contribution in [0, 0.1) is 0 Å². The van der Waals surface area contributed by atoms with E-state index >= 15 is 0 Å². The van der Waals surface area contributed by atoms with E-state index in [1.54, 1.807) is 24.3 Å². The number of rotatable bonds is 12. The van der Waals surface area contributed by atoms with E-state index in [4.69, 9.17) is 9.15 Å². The minimum atomic E-state index is -1.08. The highest BCUT2D eigenvalue weighted by atomic mass is 32.2. The Morgan fingerprint density at radius 2 is 2.09 bits per heavy atom. The fourth-order valence-corrected chi connectivity index (χ4v) is 5.09. The third-order valence-corrected chi connectivity index (χ3v) is 7.04. The number of benzene rings is 1. The van der Waals surface area contributed by atoms with Gasteiger partial charge in [0.2, 0.25) is 5.91 Å². The number of nitrogens with one attached hydrogen (secondary N) is 1. The van der Waals surface area contributed by atoms with Gasteiger partial charge in [0.15, 0.2) is 0 Å².